The van der Waals surface area contributed by atoms with E-state index in [1.807, 2.05) is 31.2 Å². The van der Waals surface area contributed by atoms with Crippen molar-refractivity contribution in [2.45, 2.75) is 13.5 Å². The Morgan fingerprint density at radius 2 is 2.00 bits per heavy atom. The van der Waals surface area contributed by atoms with Crippen molar-refractivity contribution in [2.75, 3.05) is 12.4 Å². The van der Waals surface area contributed by atoms with Gasteiger partial charge in [0, 0.05) is 32.2 Å². The van der Waals surface area contributed by atoms with Gasteiger partial charge in [-0.1, -0.05) is 0 Å². The zero-order chi connectivity index (χ0) is 13.7. The molecule has 1 N–H and O–H groups in total. The van der Waals surface area contributed by atoms with Crippen molar-refractivity contribution >= 4 is 11.8 Å². The zero-order valence-electron chi connectivity index (χ0n) is 11.0. The van der Waals surface area contributed by atoms with Crippen LogP contribution in [0.15, 0.2) is 42.9 Å². The van der Waals surface area contributed by atoms with E-state index in [9.17, 15) is 4.79 Å². The number of carbonyl (C=O) groups is 1. The van der Waals surface area contributed by atoms with Crippen LogP contribution in [0.3, 0.4) is 0 Å². The normalized spacial score (nSPS) is 10.0. The molecule has 5 nitrogen and oxygen atoms in total. The van der Waals surface area contributed by atoms with Crippen molar-refractivity contribution in [1.29, 1.82) is 0 Å². The van der Waals surface area contributed by atoms with Gasteiger partial charge in [-0.05, 0) is 42.3 Å². The van der Waals surface area contributed by atoms with Crippen LogP contribution >= 0.6 is 0 Å². The van der Waals surface area contributed by atoms with E-state index in [1.54, 1.807) is 30.5 Å². The lowest BCUT2D eigenvalue weighted by atomic mass is 10.2. The second-order valence-corrected chi connectivity index (χ2v) is 4.36. The van der Waals surface area contributed by atoms with Crippen LogP contribution in [0, 0.1) is 6.92 Å². The van der Waals surface area contributed by atoms with Crippen LogP contribution in [0.5, 0.6) is 0 Å². The van der Waals surface area contributed by atoms with Crippen molar-refractivity contribution in [2.24, 2.45) is 0 Å². The average Bonchev–Trinajstić information content (AvgIpc) is 2.40. The van der Waals surface area contributed by atoms with Gasteiger partial charge in [-0.3, -0.25) is 10.3 Å². The number of pyridine rings is 2. The molecule has 0 atom stereocenters. The Morgan fingerprint density at radius 1 is 1.26 bits per heavy atom. The first-order chi connectivity index (χ1) is 9.15. The van der Waals surface area contributed by atoms with Crippen molar-refractivity contribution < 1.29 is 4.79 Å². The van der Waals surface area contributed by atoms with Gasteiger partial charge in [-0.2, -0.15) is 0 Å². The quantitative estimate of drug-likeness (QED) is 0.917. The number of amides is 2. The minimum absolute atomic E-state index is 0.185. The van der Waals surface area contributed by atoms with Gasteiger partial charge in [0.2, 0.25) is 0 Å². The average molecular weight is 256 g/mol. The Labute approximate surface area is 112 Å². The smallest absolute Gasteiger partial charge is 0.323 e. The highest BCUT2D eigenvalue weighted by Gasteiger charge is 2.09. The van der Waals surface area contributed by atoms with Crippen LogP contribution in [0.4, 0.5) is 10.6 Å². The molecular weight excluding hydrogens is 240 g/mol. The summed E-state index contributed by atoms with van der Waals surface area (Å²) in [5.74, 6) is 0.562. The molecule has 0 saturated heterocycles. The molecule has 19 heavy (non-hydrogen) atoms. The molecule has 0 saturated carbocycles. The lowest BCUT2D eigenvalue weighted by Gasteiger charge is -2.17. The number of rotatable bonds is 3. The van der Waals surface area contributed by atoms with Crippen LogP contribution in [0.2, 0.25) is 0 Å². The number of urea groups is 1. The van der Waals surface area contributed by atoms with Gasteiger partial charge >= 0.3 is 6.03 Å². The molecule has 0 aliphatic rings. The maximum atomic E-state index is 12.0. The maximum Gasteiger partial charge on any atom is 0.323 e. The topological polar surface area (TPSA) is 58.1 Å². The van der Waals surface area contributed by atoms with Crippen molar-refractivity contribution in [3.05, 3.63) is 54.0 Å². The molecule has 0 unspecified atom stereocenters. The van der Waals surface area contributed by atoms with E-state index in [1.165, 1.54) is 0 Å². The Hall–Kier alpha value is -2.43. The Morgan fingerprint density at radius 3 is 2.68 bits per heavy atom. The second kappa shape index (κ2) is 5.95. The lowest BCUT2D eigenvalue weighted by Crippen LogP contribution is -2.31. The standard InChI is InChI=1S/C14H16N4O/c1-11-3-8-16-13(9-11)17-14(19)18(2)10-12-4-6-15-7-5-12/h3-9H,10H2,1-2H3,(H,16,17,19). The lowest BCUT2D eigenvalue weighted by molar-refractivity contribution is 0.220. The van der Waals surface area contributed by atoms with Gasteiger partial charge in [0.05, 0.1) is 0 Å². The van der Waals surface area contributed by atoms with Crippen LogP contribution < -0.4 is 5.32 Å². The highest BCUT2D eigenvalue weighted by molar-refractivity contribution is 5.88. The minimum Gasteiger partial charge on any atom is -0.323 e. The molecule has 0 aromatic carbocycles. The molecule has 0 aliphatic heterocycles. The number of carbonyl (C=O) groups excluding carboxylic acids is 1. The summed E-state index contributed by atoms with van der Waals surface area (Å²) < 4.78 is 0. The molecule has 2 rings (SSSR count). The molecule has 0 radical (unpaired) electrons. The predicted octanol–water partition coefficient (Wildman–Crippen LogP) is 2.45. The van der Waals surface area contributed by atoms with E-state index < -0.39 is 0 Å². The largest absolute Gasteiger partial charge is 0.323 e. The number of aromatic nitrogens is 2. The van der Waals surface area contributed by atoms with Gasteiger partial charge < -0.3 is 4.90 Å². The Bertz CT molecular complexity index is 556. The number of anilines is 1. The number of nitrogens with zero attached hydrogens (tertiary/aromatic N) is 3. The third kappa shape index (κ3) is 3.77. The molecule has 5 heteroatoms. The molecule has 2 amide bonds. The fourth-order valence-electron chi connectivity index (χ4n) is 1.64. The summed E-state index contributed by atoms with van der Waals surface area (Å²) in [4.78, 5) is 21.6. The Kier molecular flexibility index (Phi) is 4.07. The minimum atomic E-state index is -0.185. The fourth-order valence-corrected chi connectivity index (χ4v) is 1.64. The summed E-state index contributed by atoms with van der Waals surface area (Å²) in [5, 5.41) is 2.76. The summed E-state index contributed by atoms with van der Waals surface area (Å²) in [6.07, 6.45) is 5.10. The molecule has 2 aromatic rings. The van der Waals surface area contributed by atoms with E-state index in [4.69, 9.17) is 0 Å². The van der Waals surface area contributed by atoms with Crippen molar-refractivity contribution in [3.63, 3.8) is 0 Å². The summed E-state index contributed by atoms with van der Waals surface area (Å²) >= 11 is 0. The van der Waals surface area contributed by atoms with E-state index in [0.29, 0.717) is 12.4 Å². The third-order valence-corrected chi connectivity index (χ3v) is 2.67. The Balaban J connectivity index is 1.96. The third-order valence-electron chi connectivity index (χ3n) is 2.67. The van der Waals surface area contributed by atoms with Crippen LogP contribution in [-0.4, -0.2) is 27.9 Å². The number of hydrogen-bond acceptors (Lipinski definition) is 3. The van der Waals surface area contributed by atoms with E-state index in [-0.39, 0.29) is 6.03 Å². The highest BCUT2D eigenvalue weighted by atomic mass is 16.2. The molecule has 2 aromatic heterocycles. The molecule has 0 aliphatic carbocycles. The van der Waals surface area contributed by atoms with Gasteiger partial charge in [0.1, 0.15) is 5.82 Å². The highest BCUT2D eigenvalue weighted by Crippen LogP contribution is 2.07. The van der Waals surface area contributed by atoms with Gasteiger partial charge in [0.25, 0.3) is 0 Å². The zero-order valence-corrected chi connectivity index (χ0v) is 11.0. The first-order valence-electron chi connectivity index (χ1n) is 5.99. The van der Waals surface area contributed by atoms with Crippen LogP contribution in [0.25, 0.3) is 0 Å². The molecule has 0 bridgehead atoms. The SMILES string of the molecule is Cc1ccnc(NC(=O)N(C)Cc2ccncc2)c1. The van der Waals surface area contributed by atoms with E-state index in [2.05, 4.69) is 15.3 Å². The first-order valence-corrected chi connectivity index (χ1v) is 5.99. The molecule has 0 fully saturated rings. The first kappa shape index (κ1) is 13.0. The van der Waals surface area contributed by atoms with Crippen LogP contribution in [-0.2, 0) is 6.54 Å². The maximum absolute atomic E-state index is 12.0. The molecule has 0 spiro atoms. The van der Waals surface area contributed by atoms with Crippen LogP contribution in [0.1, 0.15) is 11.1 Å². The van der Waals surface area contributed by atoms with Gasteiger partial charge in [-0.25, -0.2) is 9.78 Å². The second-order valence-electron chi connectivity index (χ2n) is 4.36. The summed E-state index contributed by atoms with van der Waals surface area (Å²) in [6, 6.07) is 7.30. The number of hydrogen-bond donors (Lipinski definition) is 1. The van der Waals surface area contributed by atoms with Gasteiger partial charge in [-0.15, -0.1) is 0 Å². The number of nitrogens with one attached hydrogen (secondary N) is 1. The van der Waals surface area contributed by atoms with Crippen molar-refractivity contribution in [1.82, 2.24) is 14.9 Å². The van der Waals surface area contributed by atoms with Gasteiger partial charge in [0.15, 0.2) is 0 Å². The van der Waals surface area contributed by atoms with Crippen molar-refractivity contribution in [3.8, 4) is 0 Å². The monoisotopic (exact) mass is 256 g/mol. The van der Waals surface area contributed by atoms with E-state index >= 15 is 0 Å². The fraction of sp³-hybridized carbons (Fsp3) is 0.214. The summed E-state index contributed by atoms with van der Waals surface area (Å²) in [6.45, 7) is 2.48. The predicted molar refractivity (Wildman–Crippen MR) is 73.7 cm³/mol. The molecule has 98 valence electrons. The number of aryl methyl sites for hydroxylation is 1. The molecular formula is C14H16N4O. The summed E-state index contributed by atoms with van der Waals surface area (Å²) in [7, 11) is 1.74. The van der Waals surface area contributed by atoms with E-state index in [0.717, 1.165) is 11.1 Å². The molecule has 2 heterocycles. The summed E-state index contributed by atoms with van der Waals surface area (Å²) in [5.41, 5.74) is 2.09.